The molecule has 0 aromatic heterocycles. The molecule has 1 aliphatic rings. The molecule has 0 amide bonds. The van der Waals surface area contributed by atoms with E-state index in [-0.39, 0.29) is 10.0 Å². The summed E-state index contributed by atoms with van der Waals surface area (Å²) in [5.74, 6) is -0.341. The lowest BCUT2D eigenvalue weighted by molar-refractivity contribution is 0.334. The highest BCUT2D eigenvalue weighted by molar-refractivity contribution is 9.10. The van der Waals surface area contributed by atoms with Gasteiger partial charge < -0.3 is 0 Å². The minimum atomic E-state index is -0.458. The van der Waals surface area contributed by atoms with Crippen molar-refractivity contribution in [1.82, 2.24) is 0 Å². The van der Waals surface area contributed by atoms with Gasteiger partial charge in [-0.15, -0.1) is 11.6 Å². The highest BCUT2D eigenvalue weighted by atomic mass is 79.9. The van der Waals surface area contributed by atoms with E-state index in [1.54, 1.807) is 0 Å². The predicted molar refractivity (Wildman–Crippen MR) is 73.8 cm³/mol. The molecule has 1 unspecified atom stereocenters. The van der Waals surface area contributed by atoms with Crippen molar-refractivity contribution in [3.8, 4) is 0 Å². The molecule has 0 bridgehead atoms. The molecule has 1 fully saturated rings. The van der Waals surface area contributed by atoms with Gasteiger partial charge in [0.25, 0.3) is 0 Å². The van der Waals surface area contributed by atoms with Crippen LogP contribution in [0.15, 0.2) is 16.6 Å². The number of alkyl halides is 1. The summed E-state index contributed by atoms with van der Waals surface area (Å²) in [5, 5.41) is -0.435. The average molecular weight is 338 g/mol. The summed E-state index contributed by atoms with van der Waals surface area (Å²) in [6.45, 7) is 0. The van der Waals surface area contributed by atoms with Crippen molar-refractivity contribution in [2.24, 2.45) is 5.92 Å². The molecule has 1 aromatic rings. The molecule has 1 aliphatic carbocycles. The zero-order valence-corrected chi connectivity index (χ0v) is 12.4. The van der Waals surface area contributed by atoms with Crippen LogP contribution in [0.25, 0.3) is 0 Å². The first-order valence-corrected chi connectivity index (χ1v) is 7.59. The minimum absolute atomic E-state index is 0.144. The maximum Gasteiger partial charge on any atom is 0.137 e. The van der Waals surface area contributed by atoms with Crippen LogP contribution >= 0.6 is 27.5 Å². The Morgan fingerprint density at radius 3 is 2.50 bits per heavy atom. The summed E-state index contributed by atoms with van der Waals surface area (Å²) in [4.78, 5) is 0. The lowest BCUT2D eigenvalue weighted by atomic mass is 9.85. The van der Waals surface area contributed by atoms with Gasteiger partial charge in [0.1, 0.15) is 11.6 Å². The molecule has 0 nitrogen and oxygen atoms in total. The third-order valence-electron chi connectivity index (χ3n) is 3.64. The van der Waals surface area contributed by atoms with E-state index in [4.69, 9.17) is 11.6 Å². The second kappa shape index (κ2) is 6.33. The van der Waals surface area contributed by atoms with E-state index < -0.39 is 17.0 Å². The quantitative estimate of drug-likeness (QED) is 0.470. The largest absolute Gasteiger partial charge is 0.207 e. The fourth-order valence-corrected chi connectivity index (χ4v) is 3.36. The van der Waals surface area contributed by atoms with Crippen molar-refractivity contribution >= 4 is 27.5 Å². The van der Waals surface area contributed by atoms with E-state index in [0.717, 1.165) is 25.3 Å². The summed E-state index contributed by atoms with van der Waals surface area (Å²) in [6.07, 6.45) is 6.79. The van der Waals surface area contributed by atoms with Gasteiger partial charge in [0.2, 0.25) is 0 Å². The Balaban J connectivity index is 2.08. The highest BCUT2D eigenvalue weighted by Gasteiger charge is 2.21. The third kappa shape index (κ3) is 3.45. The molecule has 18 heavy (non-hydrogen) atoms. The van der Waals surface area contributed by atoms with Crippen molar-refractivity contribution < 1.29 is 8.78 Å². The number of hydrogen-bond acceptors (Lipinski definition) is 0. The molecule has 0 heterocycles. The van der Waals surface area contributed by atoms with Gasteiger partial charge in [-0.05, 0) is 40.4 Å². The zero-order chi connectivity index (χ0) is 13.1. The third-order valence-corrected chi connectivity index (χ3v) is 4.66. The Labute approximate surface area is 120 Å². The van der Waals surface area contributed by atoms with E-state index in [1.807, 2.05) is 0 Å². The molecule has 0 N–H and O–H groups in total. The Morgan fingerprint density at radius 2 is 1.83 bits per heavy atom. The average Bonchev–Trinajstić information content (AvgIpc) is 2.35. The van der Waals surface area contributed by atoms with Crippen molar-refractivity contribution in [3.63, 3.8) is 0 Å². The van der Waals surface area contributed by atoms with Gasteiger partial charge >= 0.3 is 0 Å². The fraction of sp³-hybridized carbons (Fsp3) is 0.571. The van der Waals surface area contributed by atoms with Crippen molar-refractivity contribution in [2.45, 2.75) is 43.9 Å². The maximum absolute atomic E-state index is 13.8. The molecule has 100 valence electrons. The zero-order valence-electron chi connectivity index (χ0n) is 10.1. The standard InChI is InChI=1S/C14H16BrClF2/c15-11-8-13(17)10(7-14(11)18)12(16)6-9-4-2-1-3-5-9/h7-9,12H,1-6H2. The SMILES string of the molecule is Fc1cc(C(Cl)CC2CCCCC2)c(F)cc1Br. The molecule has 1 aromatic carbocycles. The normalized spacial score (nSPS) is 18.9. The van der Waals surface area contributed by atoms with Crippen molar-refractivity contribution in [1.29, 1.82) is 0 Å². The first-order chi connectivity index (χ1) is 8.58. The van der Waals surface area contributed by atoms with Gasteiger partial charge in [0.15, 0.2) is 0 Å². The second-order valence-electron chi connectivity index (χ2n) is 5.00. The van der Waals surface area contributed by atoms with E-state index in [2.05, 4.69) is 15.9 Å². The van der Waals surface area contributed by atoms with Crippen LogP contribution in [0, 0.1) is 17.6 Å². The maximum atomic E-state index is 13.8. The van der Waals surface area contributed by atoms with E-state index in [9.17, 15) is 8.78 Å². The summed E-state index contributed by atoms with van der Waals surface area (Å²) < 4.78 is 27.3. The Kier molecular flexibility index (Phi) is 5.02. The number of rotatable bonds is 3. The van der Waals surface area contributed by atoms with Crippen LogP contribution in [0.5, 0.6) is 0 Å². The van der Waals surface area contributed by atoms with Gasteiger partial charge in [0, 0.05) is 5.56 Å². The van der Waals surface area contributed by atoms with Crippen molar-refractivity contribution in [3.05, 3.63) is 33.8 Å². The Bertz CT molecular complexity index is 417. The molecule has 2 rings (SSSR count). The van der Waals surface area contributed by atoms with Gasteiger partial charge in [-0.25, -0.2) is 8.78 Å². The Morgan fingerprint density at radius 1 is 1.17 bits per heavy atom. The first-order valence-electron chi connectivity index (χ1n) is 6.36. The minimum Gasteiger partial charge on any atom is -0.207 e. The molecule has 0 aliphatic heterocycles. The molecule has 0 spiro atoms. The molecular weight excluding hydrogens is 322 g/mol. The highest BCUT2D eigenvalue weighted by Crippen LogP contribution is 2.37. The van der Waals surface area contributed by atoms with Crippen LogP contribution in [0.2, 0.25) is 0 Å². The van der Waals surface area contributed by atoms with Gasteiger partial charge in [-0.3, -0.25) is 0 Å². The predicted octanol–water partition coefficient (Wildman–Crippen LogP) is 5.98. The Hall–Kier alpha value is -0.150. The number of hydrogen-bond donors (Lipinski definition) is 0. The van der Waals surface area contributed by atoms with Crippen LogP contribution < -0.4 is 0 Å². The van der Waals surface area contributed by atoms with Crippen LogP contribution in [-0.2, 0) is 0 Å². The lowest BCUT2D eigenvalue weighted by Crippen LogP contribution is -2.09. The van der Waals surface area contributed by atoms with Crippen LogP contribution in [0.3, 0.4) is 0 Å². The van der Waals surface area contributed by atoms with E-state index >= 15 is 0 Å². The molecular formula is C14H16BrClF2. The fourth-order valence-electron chi connectivity index (χ4n) is 2.62. The van der Waals surface area contributed by atoms with Gasteiger partial charge in [0.05, 0.1) is 9.85 Å². The van der Waals surface area contributed by atoms with E-state index in [0.29, 0.717) is 5.92 Å². The topological polar surface area (TPSA) is 0 Å². The van der Waals surface area contributed by atoms with E-state index in [1.165, 1.54) is 25.3 Å². The molecule has 0 saturated heterocycles. The number of halogens is 4. The van der Waals surface area contributed by atoms with Crippen LogP contribution in [0.4, 0.5) is 8.78 Å². The van der Waals surface area contributed by atoms with Gasteiger partial charge in [-0.2, -0.15) is 0 Å². The summed E-state index contributed by atoms with van der Waals surface area (Å²) in [7, 11) is 0. The van der Waals surface area contributed by atoms with Gasteiger partial charge in [-0.1, -0.05) is 32.1 Å². The lowest BCUT2D eigenvalue weighted by Gasteiger charge is -2.24. The molecule has 0 radical (unpaired) electrons. The van der Waals surface area contributed by atoms with Crippen LogP contribution in [0.1, 0.15) is 49.5 Å². The smallest absolute Gasteiger partial charge is 0.137 e. The summed E-state index contributed by atoms with van der Waals surface area (Å²) in [5.41, 5.74) is 0.281. The molecule has 1 saturated carbocycles. The van der Waals surface area contributed by atoms with Crippen molar-refractivity contribution in [2.75, 3.05) is 0 Å². The first kappa shape index (κ1) is 14.3. The second-order valence-corrected chi connectivity index (χ2v) is 6.38. The summed E-state index contributed by atoms with van der Waals surface area (Å²) >= 11 is 9.22. The monoisotopic (exact) mass is 336 g/mol. The summed E-state index contributed by atoms with van der Waals surface area (Å²) in [6, 6.07) is 2.36. The molecule has 1 atom stereocenters. The van der Waals surface area contributed by atoms with Crippen LogP contribution in [-0.4, -0.2) is 0 Å². The number of benzene rings is 1. The molecule has 4 heteroatoms.